The largest absolute Gasteiger partial charge is 0.491 e. The van der Waals surface area contributed by atoms with Crippen LogP contribution in [-0.4, -0.2) is 43.1 Å². The fourth-order valence-corrected chi connectivity index (χ4v) is 4.38. The Morgan fingerprint density at radius 1 is 1.43 bits per heavy atom. The lowest BCUT2D eigenvalue weighted by Gasteiger charge is -2.23. The molecule has 1 heterocycles. The van der Waals surface area contributed by atoms with E-state index in [9.17, 15) is 13.5 Å². The van der Waals surface area contributed by atoms with Gasteiger partial charge in [-0.2, -0.15) is 4.31 Å². The summed E-state index contributed by atoms with van der Waals surface area (Å²) in [5, 5.41) is 9.32. The summed E-state index contributed by atoms with van der Waals surface area (Å²) in [5.41, 5.74) is 0.796. The van der Waals surface area contributed by atoms with E-state index >= 15 is 0 Å². The Hall–Kier alpha value is -1.11. The van der Waals surface area contributed by atoms with Crippen LogP contribution in [-0.2, 0) is 10.0 Å². The summed E-state index contributed by atoms with van der Waals surface area (Å²) >= 11 is 0. The van der Waals surface area contributed by atoms with E-state index in [2.05, 4.69) is 0 Å². The van der Waals surface area contributed by atoms with Crippen molar-refractivity contribution in [2.24, 2.45) is 0 Å². The van der Waals surface area contributed by atoms with Crippen molar-refractivity contribution in [3.63, 3.8) is 0 Å². The molecule has 0 aliphatic carbocycles. The van der Waals surface area contributed by atoms with Crippen LogP contribution in [0, 0.1) is 6.92 Å². The molecule has 2 rings (SSSR count). The van der Waals surface area contributed by atoms with Gasteiger partial charge < -0.3 is 9.84 Å². The molecular formula is C15H23NO4S. The molecular weight excluding hydrogens is 290 g/mol. The maximum Gasteiger partial charge on any atom is 0.243 e. The molecule has 1 aliphatic heterocycles. The van der Waals surface area contributed by atoms with Gasteiger partial charge in [0.05, 0.1) is 17.6 Å². The zero-order chi connectivity index (χ0) is 15.6. The molecule has 0 radical (unpaired) electrons. The molecule has 0 amide bonds. The van der Waals surface area contributed by atoms with Crippen molar-refractivity contribution in [2.45, 2.75) is 50.7 Å². The molecule has 0 bridgehead atoms. The van der Waals surface area contributed by atoms with E-state index in [1.54, 1.807) is 18.2 Å². The number of aryl methyl sites for hydroxylation is 1. The van der Waals surface area contributed by atoms with Crippen molar-refractivity contribution in [3.05, 3.63) is 23.8 Å². The molecule has 1 aliphatic rings. The minimum atomic E-state index is -3.55. The third-order valence-corrected chi connectivity index (χ3v) is 5.60. The number of rotatable bonds is 5. The molecule has 1 aromatic carbocycles. The number of nitrogens with zero attached hydrogens (tertiary/aromatic N) is 1. The molecule has 1 fully saturated rings. The Labute approximate surface area is 126 Å². The van der Waals surface area contributed by atoms with Gasteiger partial charge in [-0.05, 0) is 57.4 Å². The highest BCUT2D eigenvalue weighted by molar-refractivity contribution is 7.89. The quantitative estimate of drug-likeness (QED) is 0.902. The number of aliphatic hydroxyl groups excluding tert-OH is 1. The van der Waals surface area contributed by atoms with Gasteiger partial charge in [-0.15, -0.1) is 0 Å². The molecule has 1 saturated heterocycles. The second-order valence-corrected chi connectivity index (χ2v) is 7.58. The fourth-order valence-electron chi connectivity index (χ4n) is 2.61. The molecule has 6 heteroatoms. The van der Waals surface area contributed by atoms with Gasteiger partial charge in [0.1, 0.15) is 5.75 Å². The zero-order valence-corrected chi connectivity index (χ0v) is 13.6. The van der Waals surface area contributed by atoms with Gasteiger partial charge in [-0.3, -0.25) is 0 Å². The average Bonchev–Trinajstić information content (AvgIpc) is 2.89. The van der Waals surface area contributed by atoms with Crippen molar-refractivity contribution in [1.82, 2.24) is 4.31 Å². The van der Waals surface area contributed by atoms with Crippen LogP contribution in [0.1, 0.15) is 32.3 Å². The molecule has 21 heavy (non-hydrogen) atoms. The summed E-state index contributed by atoms with van der Waals surface area (Å²) in [5.74, 6) is 0.698. The highest BCUT2D eigenvalue weighted by Gasteiger charge is 2.34. The molecule has 1 aromatic rings. The summed E-state index contributed by atoms with van der Waals surface area (Å²) < 4.78 is 32.4. The maximum atomic E-state index is 12.7. The number of hydrogen-bond acceptors (Lipinski definition) is 4. The Bertz CT molecular complexity index is 598. The topological polar surface area (TPSA) is 66.8 Å². The van der Waals surface area contributed by atoms with Gasteiger partial charge in [0.25, 0.3) is 0 Å². The van der Waals surface area contributed by atoms with Crippen LogP contribution in [0.2, 0.25) is 0 Å². The lowest BCUT2D eigenvalue weighted by atomic mass is 10.2. The second-order valence-electron chi connectivity index (χ2n) is 5.69. The summed E-state index contributed by atoms with van der Waals surface area (Å²) in [6, 6.07) is 4.61. The number of benzene rings is 1. The van der Waals surface area contributed by atoms with Crippen LogP contribution in [0.15, 0.2) is 23.1 Å². The first-order valence-electron chi connectivity index (χ1n) is 7.26. The average molecular weight is 313 g/mol. The van der Waals surface area contributed by atoms with Gasteiger partial charge in [0.15, 0.2) is 0 Å². The SMILES string of the molecule is Cc1cc(S(=O)(=O)N2CCC[C@H]2CO)ccc1OC(C)C. The third kappa shape index (κ3) is 3.39. The first-order valence-corrected chi connectivity index (χ1v) is 8.70. The van der Waals surface area contributed by atoms with E-state index in [1.807, 2.05) is 20.8 Å². The van der Waals surface area contributed by atoms with Crippen molar-refractivity contribution < 1.29 is 18.3 Å². The predicted octanol–water partition coefficient (Wildman–Crippen LogP) is 1.93. The molecule has 0 unspecified atom stereocenters. The molecule has 0 aromatic heterocycles. The van der Waals surface area contributed by atoms with Crippen molar-refractivity contribution in [3.8, 4) is 5.75 Å². The van der Waals surface area contributed by atoms with E-state index in [-0.39, 0.29) is 23.6 Å². The molecule has 0 saturated carbocycles. The van der Waals surface area contributed by atoms with Gasteiger partial charge in [-0.1, -0.05) is 0 Å². The van der Waals surface area contributed by atoms with Crippen molar-refractivity contribution in [2.75, 3.05) is 13.2 Å². The molecule has 0 spiro atoms. The van der Waals surface area contributed by atoms with Gasteiger partial charge in [0.2, 0.25) is 10.0 Å². The Morgan fingerprint density at radius 3 is 2.71 bits per heavy atom. The van der Waals surface area contributed by atoms with Crippen LogP contribution >= 0.6 is 0 Å². The first-order chi connectivity index (χ1) is 9.86. The smallest absolute Gasteiger partial charge is 0.243 e. The predicted molar refractivity (Wildman–Crippen MR) is 80.9 cm³/mol. The first kappa shape index (κ1) is 16.3. The highest BCUT2D eigenvalue weighted by Crippen LogP contribution is 2.29. The van der Waals surface area contributed by atoms with E-state index < -0.39 is 10.0 Å². The number of sulfonamides is 1. The Morgan fingerprint density at radius 2 is 2.14 bits per heavy atom. The highest BCUT2D eigenvalue weighted by atomic mass is 32.2. The molecule has 1 atom stereocenters. The van der Waals surface area contributed by atoms with E-state index in [1.165, 1.54) is 4.31 Å². The maximum absolute atomic E-state index is 12.7. The monoisotopic (exact) mass is 313 g/mol. The summed E-state index contributed by atoms with van der Waals surface area (Å²) in [6.07, 6.45) is 1.55. The van der Waals surface area contributed by atoms with Crippen molar-refractivity contribution >= 4 is 10.0 Å². The van der Waals surface area contributed by atoms with Crippen LogP contribution in [0.5, 0.6) is 5.75 Å². The summed E-state index contributed by atoms with van der Waals surface area (Å²) in [4.78, 5) is 0.261. The third-order valence-electron chi connectivity index (χ3n) is 3.65. The standard InChI is InChI=1S/C15H23NO4S/c1-11(2)20-15-7-6-14(9-12(15)3)21(18,19)16-8-4-5-13(16)10-17/h6-7,9,11,13,17H,4-5,8,10H2,1-3H3/t13-/m0/s1. The van der Waals surface area contributed by atoms with E-state index in [4.69, 9.17) is 4.74 Å². The molecule has 1 N–H and O–H groups in total. The van der Waals surface area contributed by atoms with Gasteiger partial charge >= 0.3 is 0 Å². The van der Waals surface area contributed by atoms with Crippen LogP contribution in [0.4, 0.5) is 0 Å². The lowest BCUT2D eigenvalue weighted by Crippen LogP contribution is -2.37. The number of aliphatic hydroxyl groups is 1. The zero-order valence-electron chi connectivity index (χ0n) is 12.7. The van der Waals surface area contributed by atoms with Crippen molar-refractivity contribution in [1.29, 1.82) is 0 Å². The minimum Gasteiger partial charge on any atom is -0.491 e. The van der Waals surface area contributed by atoms with Gasteiger partial charge in [-0.25, -0.2) is 8.42 Å². The van der Waals surface area contributed by atoms with E-state index in [0.29, 0.717) is 18.7 Å². The second kappa shape index (κ2) is 6.34. The molecule has 118 valence electrons. The summed E-state index contributed by atoms with van der Waals surface area (Å²) in [7, 11) is -3.55. The van der Waals surface area contributed by atoms with Crippen LogP contribution < -0.4 is 4.74 Å². The fraction of sp³-hybridized carbons (Fsp3) is 0.600. The normalized spacial score (nSPS) is 20.1. The molecule has 5 nitrogen and oxygen atoms in total. The number of ether oxygens (including phenoxy) is 1. The number of hydrogen-bond donors (Lipinski definition) is 1. The van der Waals surface area contributed by atoms with E-state index in [0.717, 1.165) is 12.0 Å². The Balaban J connectivity index is 2.31. The minimum absolute atomic E-state index is 0.0449. The van der Waals surface area contributed by atoms with Crippen LogP contribution in [0.25, 0.3) is 0 Å². The Kier molecular flexibility index (Phi) is 4.91. The lowest BCUT2D eigenvalue weighted by molar-refractivity contribution is 0.213. The van der Waals surface area contributed by atoms with Gasteiger partial charge in [0, 0.05) is 12.6 Å². The summed E-state index contributed by atoms with van der Waals surface area (Å²) in [6.45, 7) is 6.04. The van der Waals surface area contributed by atoms with Crippen LogP contribution in [0.3, 0.4) is 0 Å².